The van der Waals surface area contributed by atoms with E-state index in [1.165, 1.54) is 0 Å². The summed E-state index contributed by atoms with van der Waals surface area (Å²) in [4.78, 5) is 4.39. The zero-order chi connectivity index (χ0) is 14.3. The molecule has 0 radical (unpaired) electrons. The van der Waals surface area contributed by atoms with Gasteiger partial charge >= 0.3 is 0 Å². The van der Waals surface area contributed by atoms with Gasteiger partial charge in [-0.15, -0.1) is 0 Å². The lowest BCUT2D eigenvalue weighted by molar-refractivity contribution is 0.138. The molecule has 4 rings (SSSR count). The summed E-state index contributed by atoms with van der Waals surface area (Å²) in [6, 6.07) is 18.4. The Hall–Kier alpha value is -2.61. The molecule has 1 aliphatic heterocycles. The summed E-state index contributed by atoms with van der Waals surface area (Å²) in [5.74, 6) is 0.907. The van der Waals surface area contributed by atoms with E-state index in [1.54, 1.807) is 0 Å². The van der Waals surface area contributed by atoms with Gasteiger partial charge in [-0.3, -0.25) is 4.98 Å². The first-order valence-corrected chi connectivity index (χ1v) is 7.08. The summed E-state index contributed by atoms with van der Waals surface area (Å²) >= 11 is 0. The fraction of sp³-hybridized carbons (Fsp3) is 0.105. The molecule has 0 aliphatic carbocycles. The van der Waals surface area contributed by atoms with Gasteiger partial charge in [0.1, 0.15) is 11.4 Å². The molecule has 1 aromatic heterocycles. The number of fused-ring (bicyclic) bond motifs is 3. The molecule has 1 unspecified atom stereocenters. The van der Waals surface area contributed by atoms with E-state index in [0.29, 0.717) is 0 Å². The Bertz CT molecular complexity index is 839. The molecule has 21 heavy (non-hydrogen) atoms. The van der Waals surface area contributed by atoms with E-state index in [9.17, 15) is 0 Å². The van der Waals surface area contributed by atoms with Crippen LogP contribution in [0.25, 0.3) is 17.0 Å². The van der Waals surface area contributed by atoms with E-state index in [4.69, 9.17) is 4.74 Å². The van der Waals surface area contributed by atoms with Gasteiger partial charge in [-0.05, 0) is 36.8 Å². The molecule has 0 bridgehead atoms. The standard InChI is InChI=1S/C19H15NO/c1-19(14-6-3-2-4-7-14)12-11-16-15-8-5-13-20-17(15)9-10-18(16)21-19/h2-13H,1H3. The van der Waals surface area contributed by atoms with Crippen LogP contribution in [0.1, 0.15) is 18.1 Å². The molecule has 0 saturated carbocycles. The Morgan fingerprint density at radius 2 is 1.81 bits per heavy atom. The quantitative estimate of drug-likeness (QED) is 0.648. The molecule has 3 aromatic rings. The van der Waals surface area contributed by atoms with Gasteiger partial charge in [-0.2, -0.15) is 0 Å². The minimum absolute atomic E-state index is 0.426. The van der Waals surface area contributed by atoms with E-state index in [1.807, 2.05) is 42.6 Å². The van der Waals surface area contributed by atoms with Gasteiger partial charge in [0.2, 0.25) is 0 Å². The van der Waals surface area contributed by atoms with E-state index in [-0.39, 0.29) is 0 Å². The van der Waals surface area contributed by atoms with Gasteiger partial charge in [0.05, 0.1) is 5.52 Å². The molecule has 0 saturated heterocycles. The molecule has 0 N–H and O–H groups in total. The summed E-state index contributed by atoms with van der Waals surface area (Å²) in [6.07, 6.45) is 6.09. The van der Waals surface area contributed by atoms with Crippen LogP contribution in [0.15, 0.2) is 66.9 Å². The van der Waals surface area contributed by atoms with Gasteiger partial charge < -0.3 is 4.74 Å². The number of nitrogens with zero attached hydrogens (tertiary/aromatic N) is 1. The van der Waals surface area contributed by atoms with Crippen molar-refractivity contribution >= 4 is 17.0 Å². The van der Waals surface area contributed by atoms with Crippen molar-refractivity contribution in [1.82, 2.24) is 4.98 Å². The van der Waals surface area contributed by atoms with Crippen LogP contribution in [-0.2, 0) is 5.60 Å². The van der Waals surface area contributed by atoms with Gasteiger partial charge in [-0.25, -0.2) is 0 Å². The maximum Gasteiger partial charge on any atom is 0.150 e. The van der Waals surface area contributed by atoms with Crippen LogP contribution in [0.3, 0.4) is 0 Å². The SMILES string of the molecule is CC1(c2ccccc2)C=Cc2c(ccc3ncccc23)O1. The molecule has 1 aliphatic rings. The van der Waals surface area contributed by atoms with Crippen LogP contribution in [0, 0.1) is 0 Å². The first kappa shape index (κ1) is 12.2. The van der Waals surface area contributed by atoms with Crippen LogP contribution in [0.5, 0.6) is 5.75 Å². The van der Waals surface area contributed by atoms with Gasteiger partial charge in [0.25, 0.3) is 0 Å². The molecule has 2 nitrogen and oxygen atoms in total. The number of hydrogen-bond donors (Lipinski definition) is 0. The minimum atomic E-state index is -0.426. The van der Waals surface area contributed by atoms with E-state index >= 15 is 0 Å². The lowest BCUT2D eigenvalue weighted by atomic mass is 9.91. The van der Waals surface area contributed by atoms with E-state index < -0.39 is 5.60 Å². The Kier molecular flexibility index (Phi) is 2.58. The lowest BCUT2D eigenvalue weighted by Gasteiger charge is -2.32. The number of benzene rings is 2. The molecule has 2 heterocycles. The van der Waals surface area contributed by atoms with Crippen LogP contribution in [0.2, 0.25) is 0 Å². The number of aromatic nitrogens is 1. The fourth-order valence-corrected chi connectivity index (χ4v) is 2.85. The zero-order valence-electron chi connectivity index (χ0n) is 11.8. The molecule has 0 fully saturated rings. The number of rotatable bonds is 1. The highest BCUT2D eigenvalue weighted by atomic mass is 16.5. The molecule has 0 spiro atoms. The number of hydrogen-bond acceptors (Lipinski definition) is 2. The number of pyridine rings is 1. The summed E-state index contributed by atoms with van der Waals surface area (Å²) < 4.78 is 6.30. The second-order valence-corrected chi connectivity index (χ2v) is 5.46. The Morgan fingerprint density at radius 1 is 0.952 bits per heavy atom. The third-order valence-electron chi connectivity index (χ3n) is 4.02. The monoisotopic (exact) mass is 273 g/mol. The van der Waals surface area contributed by atoms with Crippen molar-refractivity contribution in [2.45, 2.75) is 12.5 Å². The van der Waals surface area contributed by atoms with Crippen LogP contribution in [-0.4, -0.2) is 4.98 Å². The maximum atomic E-state index is 6.30. The zero-order valence-corrected chi connectivity index (χ0v) is 11.8. The topological polar surface area (TPSA) is 22.1 Å². The van der Waals surface area contributed by atoms with Crippen molar-refractivity contribution in [3.63, 3.8) is 0 Å². The summed E-state index contributed by atoms with van der Waals surface area (Å²) in [7, 11) is 0. The fourth-order valence-electron chi connectivity index (χ4n) is 2.85. The first-order chi connectivity index (χ1) is 10.3. The highest BCUT2D eigenvalue weighted by Crippen LogP contribution is 2.39. The van der Waals surface area contributed by atoms with Crippen molar-refractivity contribution in [1.29, 1.82) is 0 Å². The smallest absolute Gasteiger partial charge is 0.150 e. The van der Waals surface area contributed by atoms with Crippen molar-refractivity contribution < 1.29 is 4.74 Å². The molecule has 0 amide bonds. The number of ether oxygens (including phenoxy) is 1. The van der Waals surface area contributed by atoms with Crippen LogP contribution in [0.4, 0.5) is 0 Å². The molecular formula is C19H15NO. The average molecular weight is 273 g/mol. The second-order valence-electron chi connectivity index (χ2n) is 5.46. The first-order valence-electron chi connectivity index (χ1n) is 7.08. The van der Waals surface area contributed by atoms with Crippen molar-refractivity contribution in [3.8, 4) is 5.75 Å². The highest BCUT2D eigenvalue weighted by molar-refractivity contribution is 5.91. The minimum Gasteiger partial charge on any atom is -0.478 e. The van der Waals surface area contributed by atoms with Crippen LogP contribution < -0.4 is 4.74 Å². The molecule has 2 aromatic carbocycles. The van der Waals surface area contributed by atoms with E-state index in [0.717, 1.165) is 27.8 Å². The third-order valence-corrected chi connectivity index (χ3v) is 4.02. The molecular weight excluding hydrogens is 258 g/mol. The summed E-state index contributed by atoms with van der Waals surface area (Å²) in [5, 5.41) is 1.13. The Morgan fingerprint density at radius 3 is 2.67 bits per heavy atom. The predicted molar refractivity (Wildman–Crippen MR) is 85.2 cm³/mol. The lowest BCUT2D eigenvalue weighted by Crippen LogP contribution is -2.29. The van der Waals surface area contributed by atoms with Crippen molar-refractivity contribution in [3.05, 3.63) is 78.0 Å². The van der Waals surface area contributed by atoms with Crippen molar-refractivity contribution in [2.75, 3.05) is 0 Å². The largest absolute Gasteiger partial charge is 0.478 e. The van der Waals surface area contributed by atoms with E-state index in [2.05, 4.69) is 42.3 Å². The Balaban J connectivity index is 1.86. The summed E-state index contributed by atoms with van der Waals surface area (Å²) in [6.45, 7) is 2.09. The molecule has 1 atom stereocenters. The van der Waals surface area contributed by atoms with Gasteiger partial charge in [0.15, 0.2) is 0 Å². The Labute approximate surface area is 123 Å². The van der Waals surface area contributed by atoms with Crippen LogP contribution >= 0.6 is 0 Å². The predicted octanol–water partition coefficient (Wildman–Crippen LogP) is 4.56. The normalized spacial score (nSPS) is 20.0. The molecule has 102 valence electrons. The molecule has 2 heteroatoms. The maximum absolute atomic E-state index is 6.30. The van der Waals surface area contributed by atoms with Crippen molar-refractivity contribution in [2.24, 2.45) is 0 Å². The highest BCUT2D eigenvalue weighted by Gasteiger charge is 2.29. The van der Waals surface area contributed by atoms with Gasteiger partial charge in [-0.1, -0.05) is 42.5 Å². The summed E-state index contributed by atoms with van der Waals surface area (Å²) in [5.41, 5.74) is 2.82. The van der Waals surface area contributed by atoms with Gasteiger partial charge in [0, 0.05) is 17.1 Å². The third kappa shape index (κ3) is 1.91. The average Bonchev–Trinajstić information content (AvgIpc) is 2.55. The second kappa shape index (κ2) is 4.45.